The van der Waals surface area contributed by atoms with Gasteiger partial charge in [0.2, 0.25) is 0 Å². The maximum atomic E-state index is 13.5. The van der Waals surface area contributed by atoms with Gasteiger partial charge in [0.05, 0.1) is 18.2 Å². The standard InChI is InChI=1S/C26H30ClFN2O/c1-2-3-6-20-16-26(23-10-9-22(28)17-24(23)27)29-25(20)15-19-7-4-5-8-21(19)18-30-11-13-31-14-12-30/h4-5,7-10,16-17,29H,2-3,6,11-15,18H2,1H3. The first-order chi connectivity index (χ1) is 15.1. The molecule has 0 atom stereocenters. The molecule has 0 spiro atoms. The van der Waals surface area contributed by atoms with Gasteiger partial charge in [0, 0.05) is 43.0 Å². The van der Waals surface area contributed by atoms with Gasteiger partial charge in [-0.3, -0.25) is 4.90 Å². The van der Waals surface area contributed by atoms with E-state index in [-0.39, 0.29) is 5.82 Å². The lowest BCUT2D eigenvalue weighted by atomic mass is 9.99. The number of hydrogen-bond donors (Lipinski definition) is 1. The Morgan fingerprint density at radius 3 is 2.55 bits per heavy atom. The van der Waals surface area contributed by atoms with E-state index < -0.39 is 0 Å². The van der Waals surface area contributed by atoms with Crippen molar-refractivity contribution in [1.82, 2.24) is 9.88 Å². The number of benzene rings is 2. The molecule has 1 fully saturated rings. The molecule has 31 heavy (non-hydrogen) atoms. The molecule has 1 saturated heterocycles. The second kappa shape index (κ2) is 10.4. The molecule has 0 amide bonds. The first-order valence-electron chi connectivity index (χ1n) is 11.2. The Morgan fingerprint density at radius 2 is 1.81 bits per heavy atom. The average molecular weight is 441 g/mol. The Hall–Kier alpha value is -2.14. The maximum Gasteiger partial charge on any atom is 0.124 e. The average Bonchev–Trinajstić information content (AvgIpc) is 3.16. The van der Waals surface area contributed by atoms with Crippen LogP contribution in [0.15, 0.2) is 48.5 Å². The van der Waals surface area contributed by atoms with E-state index in [4.69, 9.17) is 16.3 Å². The minimum absolute atomic E-state index is 0.316. The van der Waals surface area contributed by atoms with Gasteiger partial charge in [-0.25, -0.2) is 4.39 Å². The van der Waals surface area contributed by atoms with Gasteiger partial charge in [0.15, 0.2) is 0 Å². The van der Waals surface area contributed by atoms with Gasteiger partial charge < -0.3 is 9.72 Å². The van der Waals surface area contributed by atoms with Crippen molar-refractivity contribution in [2.75, 3.05) is 26.3 Å². The van der Waals surface area contributed by atoms with Gasteiger partial charge >= 0.3 is 0 Å². The zero-order valence-electron chi connectivity index (χ0n) is 18.1. The summed E-state index contributed by atoms with van der Waals surface area (Å²) in [5.74, 6) is -0.316. The molecule has 1 aliphatic heterocycles. The van der Waals surface area contributed by atoms with Crippen molar-refractivity contribution in [2.45, 2.75) is 39.2 Å². The van der Waals surface area contributed by atoms with Crippen molar-refractivity contribution in [2.24, 2.45) is 0 Å². The highest BCUT2D eigenvalue weighted by Crippen LogP contribution is 2.31. The van der Waals surface area contributed by atoms with Crippen LogP contribution in [0.4, 0.5) is 4.39 Å². The summed E-state index contributed by atoms with van der Waals surface area (Å²) < 4.78 is 19.0. The van der Waals surface area contributed by atoms with E-state index in [1.165, 1.54) is 34.5 Å². The Balaban J connectivity index is 1.62. The molecule has 0 aliphatic carbocycles. The summed E-state index contributed by atoms with van der Waals surface area (Å²) >= 11 is 6.35. The Labute approximate surface area is 189 Å². The zero-order valence-corrected chi connectivity index (χ0v) is 18.9. The lowest BCUT2D eigenvalue weighted by molar-refractivity contribution is 0.0341. The molecule has 4 rings (SSSR count). The number of nitrogens with zero attached hydrogens (tertiary/aromatic N) is 1. The maximum absolute atomic E-state index is 13.5. The van der Waals surface area contributed by atoms with Gasteiger partial charge in [0.25, 0.3) is 0 Å². The van der Waals surface area contributed by atoms with Crippen LogP contribution >= 0.6 is 11.6 Å². The minimum atomic E-state index is -0.316. The Kier molecular flexibility index (Phi) is 7.44. The monoisotopic (exact) mass is 440 g/mol. The van der Waals surface area contributed by atoms with Crippen LogP contribution in [0.1, 0.15) is 42.1 Å². The fourth-order valence-electron chi connectivity index (χ4n) is 4.22. The quantitative estimate of drug-likeness (QED) is 0.449. The number of H-pyrrole nitrogens is 1. The second-order valence-corrected chi connectivity index (χ2v) is 8.66. The number of ether oxygens (including phenoxy) is 1. The third-order valence-electron chi connectivity index (χ3n) is 6.00. The molecule has 0 saturated carbocycles. The van der Waals surface area contributed by atoms with E-state index in [1.807, 2.05) is 0 Å². The van der Waals surface area contributed by atoms with Gasteiger partial charge in [-0.1, -0.05) is 49.2 Å². The van der Waals surface area contributed by atoms with Crippen molar-refractivity contribution in [3.8, 4) is 11.3 Å². The molecule has 164 valence electrons. The molecule has 3 nitrogen and oxygen atoms in total. The summed E-state index contributed by atoms with van der Waals surface area (Å²) in [4.78, 5) is 6.06. The second-order valence-electron chi connectivity index (χ2n) is 8.25. The Morgan fingerprint density at radius 1 is 1.03 bits per heavy atom. The predicted octanol–water partition coefficient (Wildman–Crippen LogP) is 6.24. The zero-order chi connectivity index (χ0) is 21.6. The smallest absolute Gasteiger partial charge is 0.124 e. The highest BCUT2D eigenvalue weighted by molar-refractivity contribution is 6.33. The lowest BCUT2D eigenvalue weighted by Gasteiger charge is -2.27. The Bertz CT molecular complexity index is 1010. The summed E-state index contributed by atoms with van der Waals surface area (Å²) in [6, 6.07) is 15.5. The van der Waals surface area contributed by atoms with Gasteiger partial charge in [-0.15, -0.1) is 0 Å². The molecule has 2 heterocycles. The fraction of sp³-hybridized carbons (Fsp3) is 0.385. The molecule has 1 aromatic heterocycles. The van der Waals surface area contributed by atoms with E-state index in [0.29, 0.717) is 5.02 Å². The largest absolute Gasteiger partial charge is 0.379 e. The van der Waals surface area contributed by atoms with Gasteiger partial charge in [-0.05, 0) is 53.8 Å². The molecule has 0 unspecified atom stereocenters. The van der Waals surface area contributed by atoms with Crippen LogP contribution < -0.4 is 0 Å². The number of hydrogen-bond acceptors (Lipinski definition) is 2. The predicted molar refractivity (Wildman–Crippen MR) is 125 cm³/mol. The lowest BCUT2D eigenvalue weighted by Crippen LogP contribution is -2.35. The van der Waals surface area contributed by atoms with Gasteiger partial charge in [0.1, 0.15) is 5.82 Å². The molecule has 2 aromatic carbocycles. The number of halogens is 2. The van der Waals surface area contributed by atoms with E-state index in [1.54, 1.807) is 6.07 Å². The van der Waals surface area contributed by atoms with Crippen molar-refractivity contribution < 1.29 is 9.13 Å². The highest BCUT2D eigenvalue weighted by atomic mass is 35.5. The number of aromatic nitrogens is 1. The van der Waals surface area contributed by atoms with Crippen LogP contribution in [0.2, 0.25) is 5.02 Å². The summed E-state index contributed by atoms with van der Waals surface area (Å²) in [6.45, 7) is 6.73. The minimum Gasteiger partial charge on any atom is -0.379 e. The van der Waals surface area contributed by atoms with E-state index >= 15 is 0 Å². The van der Waals surface area contributed by atoms with Crippen LogP contribution in [0.25, 0.3) is 11.3 Å². The van der Waals surface area contributed by atoms with Crippen LogP contribution in [0.3, 0.4) is 0 Å². The van der Waals surface area contributed by atoms with Crippen LogP contribution in [0.5, 0.6) is 0 Å². The fourth-order valence-corrected chi connectivity index (χ4v) is 4.49. The molecule has 3 aromatic rings. The number of unbranched alkanes of at least 4 members (excludes halogenated alkanes) is 1. The van der Waals surface area contributed by atoms with E-state index in [2.05, 4.69) is 47.1 Å². The molecule has 1 N–H and O–H groups in total. The number of rotatable bonds is 8. The summed E-state index contributed by atoms with van der Waals surface area (Å²) in [7, 11) is 0. The van der Waals surface area contributed by atoms with Crippen molar-refractivity contribution >= 4 is 11.6 Å². The number of aromatic amines is 1. The molecular formula is C26H30ClFN2O. The number of morpholine rings is 1. The van der Waals surface area contributed by atoms with Gasteiger partial charge in [-0.2, -0.15) is 0 Å². The highest BCUT2D eigenvalue weighted by Gasteiger charge is 2.16. The molecule has 0 bridgehead atoms. The first-order valence-corrected chi connectivity index (χ1v) is 11.5. The third kappa shape index (κ3) is 5.57. The van der Waals surface area contributed by atoms with Crippen molar-refractivity contribution in [1.29, 1.82) is 0 Å². The van der Waals surface area contributed by atoms with Crippen LogP contribution in [-0.2, 0) is 24.1 Å². The van der Waals surface area contributed by atoms with Crippen LogP contribution in [0, 0.1) is 5.82 Å². The SMILES string of the molecule is CCCCc1cc(-c2ccc(F)cc2Cl)[nH]c1Cc1ccccc1CN1CCOCC1. The van der Waals surface area contributed by atoms with Crippen molar-refractivity contribution in [3.05, 3.63) is 81.8 Å². The van der Waals surface area contributed by atoms with Crippen LogP contribution in [-0.4, -0.2) is 36.2 Å². The number of nitrogens with one attached hydrogen (secondary N) is 1. The number of aryl methyl sites for hydroxylation is 1. The molecule has 5 heteroatoms. The molecule has 0 radical (unpaired) electrons. The first kappa shape index (κ1) is 22.1. The molecular weight excluding hydrogens is 411 g/mol. The van der Waals surface area contributed by atoms with Crippen molar-refractivity contribution in [3.63, 3.8) is 0 Å². The van der Waals surface area contributed by atoms with E-state index in [0.717, 1.165) is 69.8 Å². The topological polar surface area (TPSA) is 28.3 Å². The summed E-state index contributed by atoms with van der Waals surface area (Å²) in [5.41, 5.74) is 7.04. The summed E-state index contributed by atoms with van der Waals surface area (Å²) in [5, 5.41) is 0.433. The third-order valence-corrected chi connectivity index (χ3v) is 6.31. The van der Waals surface area contributed by atoms with E-state index in [9.17, 15) is 4.39 Å². The normalized spacial score (nSPS) is 14.8. The summed E-state index contributed by atoms with van der Waals surface area (Å²) in [6.07, 6.45) is 4.15. The molecule has 1 aliphatic rings.